The summed E-state index contributed by atoms with van der Waals surface area (Å²) in [7, 11) is 2.88. The average Bonchev–Trinajstić information content (AvgIpc) is 3.86. The number of nitrogens with one attached hydrogen (secondary N) is 5. The highest BCUT2D eigenvalue weighted by molar-refractivity contribution is 5.87. The molecule has 2 bridgehead atoms. The number of hydrogen-bond acceptors (Lipinski definition) is 13. The lowest BCUT2D eigenvalue weighted by atomic mass is 9.85. The Bertz CT molecular complexity index is 2600. The fraction of sp³-hybridized carbons (Fsp3) is 0.509. The Morgan fingerprint density at radius 2 is 1.45 bits per heavy atom. The maximum Gasteiger partial charge on any atom is 0.407 e. The maximum atomic E-state index is 15.1. The van der Waals surface area contributed by atoms with Gasteiger partial charge in [0.25, 0.3) is 5.91 Å². The van der Waals surface area contributed by atoms with Crippen molar-refractivity contribution in [3.05, 3.63) is 101 Å². The van der Waals surface area contributed by atoms with Crippen molar-refractivity contribution in [2.24, 2.45) is 17.9 Å². The number of pyridine rings is 1. The standard InChI is InChI=1S/C53H68F2N10O8/c1-52(2,3)46(60-51(70)73-22-20-39-40(54)24-35(25-41(39)55)42-19-21-63(7)62-42)48(67)58-43(44(66)27-57-61-49(68)47(53(4,5)6)59-50(69)71-8)23-33-12-9-32(10-13-33)11-14-34-15-18-45(56-26-34)64-28-36-16-17-37(29-64)65(36)38-30-72-31-38/h9-10,12-13,15,18-19,21,24-26,36-38,43-44,46-47,57,66H,16-17,20,22-23,27-31H2,1-8H3,(H,58,67)(H,59,69)(H,60,70)(H,61,68)/t36?,37?,43-,44-,46+,47+/m0/s1. The van der Waals surface area contributed by atoms with Crippen LogP contribution in [0.25, 0.3) is 11.3 Å². The Hall–Kier alpha value is -6.66. The number of benzene rings is 2. The molecule has 73 heavy (non-hydrogen) atoms. The van der Waals surface area contributed by atoms with E-state index in [2.05, 4.69) is 53.5 Å². The number of aliphatic hydroxyl groups is 1. The molecule has 18 nitrogen and oxygen atoms in total. The van der Waals surface area contributed by atoms with Gasteiger partial charge in [-0.25, -0.2) is 28.8 Å². The Morgan fingerprint density at radius 3 is 2.01 bits per heavy atom. The van der Waals surface area contributed by atoms with Gasteiger partial charge in [-0.15, -0.1) is 0 Å². The number of halogens is 2. The molecule has 6 N–H and O–H groups in total. The molecule has 2 aromatic carbocycles. The number of alkyl carbamates (subject to hydrolysis) is 2. The smallest absolute Gasteiger partial charge is 0.407 e. The van der Waals surface area contributed by atoms with Gasteiger partial charge < -0.3 is 40.2 Å². The quantitative estimate of drug-likeness (QED) is 0.0642. The van der Waals surface area contributed by atoms with Crippen LogP contribution in [0.1, 0.15) is 76.6 Å². The average molecular weight is 1010 g/mol. The van der Waals surface area contributed by atoms with Crippen LogP contribution in [0.4, 0.5) is 24.2 Å². The number of hydrazine groups is 1. The molecule has 3 saturated heterocycles. The first-order valence-corrected chi connectivity index (χ1v) is 24.6. The molecular formula is C53H68F2N10O8. The zero-order chi connectivity index (χ0) is 52.6. The number of fused-ring (bicyclic) bond motifs is 2. The number of methoxy groups -OCH3 is 1. The van der Waals surface area contributed by atoms with E-state index in [9.17, 15) is 24.3 Å². The molecule has 7 rings (SSSR count). The van der Waals surface area contributed by atoms with Gasteiger partial charge in [0, 0.05) is 79.8 Å². The lowest BCUT2D eigenvalue weighted by Crippen LogP contribution is -2.62. The minimum atomic E-state index is -1.32. The number of amides is 4. The van der Waals surface area contributed by atoms with Gasteiger partial charge >= 0.3 is 12.2 Å². The van der Waals surface area contributed by atoms with Gasteiger partial charge in [-0.1, -0.05) is 65.5 Å². The number of ether oxygens (including phenoxy) is 3. The molecule has 2 aromatic heterocycles. The summed E-state index contributed by atoms with van der Waals surface area (Å²) in [4.78, 5) is 62.4. The van der Waals surface area contributed by atoms with E-state index < -0.39 is 77.3 Å². The van der Waals surface area contributed by atoms with Crippen LogP contribution in [-0.4, -0.2) is 138 Å². The van der Waals surface area contributed by atoms with Crippen LogP contribution < -0.4 is 31.7 Å². The van der Waals surface area contributed by atoms with Crippen molar-refractivity contribution >= 4 is 29.8 Å². The Kier molecular flexibility index (Phi) is 17.4. The molecular weight excluding hydrogens is 943 g/mol. The van der Waals surface area contributed by atoms with E-state index in [1.807, 2.05) is 36.4 Å². The van der Waals surface area contributed by atoms with E-state index in [-0.39, 0.29) is 30.5 Å². The molecule has 2 unspecified atom stereocenters. The van der Waals surface area contributed by atoms with Gasteiger partial charge in [-0.3, -0.25) is 24.6 Å². The van der Waals surface area contributed by atoms with E-state index in [0.29, 0.717) is 23.8 Å². The van der Waals surface area contributed by atoms with Crippen LogP contribution in [0.15, 0.2) is 67.0 Å². The summed E-state index contributed by atoms with van der Waals surface area (Å²) in [6.45, 7) is 13.4. The fourth-order valence-electron chi connectivity index (χ4n) is 9.38. The summed E-state index contributed by atoms with van der Waals surface area (Å²) in [5.74, 6) is 4.43. The third-order valence-corrected chi connectivity index (χ3v) is 13.4. The van der Waals surface area contributed by atoms with Crippen LogP contribution in [-0.2, 0) is 43.7 Å². The molecule has 0 spiro atoms. The molecule has 6 atom stereocenters. The highest BCUT2D eigenvalue weighted by Crippen LogP contribution is 2.35. The number of carbonyl (C=O) groups excluding carboxylic acids is 4. The minimum absolute atomic E-state index is 0.109. The number of nitrogens with zero attached hydrogens (tertiary/aromatic N) is 5. The molecule has 5 heterocycles. The lowest BCUT2D eigenvalue weighted by Gasteiger charge is -2.47. The van der Waals surface area contributed by atoms with Gasteiger partial charge in [0.05, 0.1) is 50.8 Å². The van der Waals surface area contributed by atoms with Crippen molar-refractivity contribution in [1.29, 1.82) is 0 Å². The molecule has 4 amide bonds. The van der Waals surface area contributed by atoms with Crippen LogP contribution in [0.3, 0.4) is 0 Å². The summed E-state index contributed by atoms with van der Waals surface area (Å²) in [5, 5.41) is 23.8. The number of aliphatic hydroxyl groups excluding tert-OH is 1. The minimum Gasteiger partial charge on any atom is -0.453 e. The van der Waals surface area contributed by atoms with E-state index in [1.165, 1.54) is 36.8 Å². The molecule has 0 radical (unpaired) electrons. The van der Waals surface area contributed by atoms with E-state index in [0.717, 1.165) is 48.8 Å². The zero-order valence-electron chi connectivity index (χ0n) is 42.8. The van der Waals surface area contributed by atoms with Crippen LogP contribution in [0, 0.1) is 34.3 Å². The largest absolute Gasteiger partial charge is 0.453 e. The Labute approximate surface area is 425 Å². The van der Waals surface area contributed by atoms with Gasteiger partial charge in [0.15, 0.2) is 0 Å². The topological polar surface area (TPSA) is 214 Å². The SMILES string of the molecule is COC(=O)N[C@H](C(=O)NNC[C@H](O)[C@H](Cc1ccc(C#Cc2ccc(N3CC4CCC(C3)N4C3COC3)nc2)cc1)NC(=O)[C@@H](NC(=O)OCCc1c(F)cc(-c2ccn(C)n2)cc1F)C(C)(C)C)C(C)(C)C. The van der Waals surface area contributed by atoms with Crippen molar-refractivity contribution in [1.82, 2.24) is 46.5 Å². The van der Waals surface area contributed by atoms with Gasteiger partial charge in [-0.2, -0.15) is 5.10 Å². The Morgan fingerprint density at radius 1 is 0.836 bits per heavy atom. The molecule has 3 fully saturated rings. The van der Waals surface area contributed by atoms with Crippen molar-refractivity contribution in [3.63, 3.8) is 0 Å². The van der Waals surface area contributed by atoms with Crippen molar-refractivity contribution in [2.45, 2.75) is 110 Å². The van der Waals surface area contributed by atoms with Crippen molar-refractivity contribution in [2.75, 3.05) is 51.5 Å². The number of hydrogen-bond donors (Lipinski definition) is 6. The zero-order valence-corrected chi connectivity index (χ0v) is 42.8. The predicted molar refractivity (Wildman–Crippen MR) is 269 cm³/mol. The third kappa shape index (κ3) is 14.1. The van der Waals surface area contributed by atoms with Gasteiger partial charge in [0.1, 0.15) is 29.5 Å². The first-order valence-electron chi connectivity index (χ1n) is 24.6. The van der Waals surface area contributed by atoms with Crippen LogP contribution in [0.5, 0.6) is 0 Å². The third-order valence-electron chi connectivity index (χ3n) is 13.4. The number of piperazine rings is 1. The molecule has 20 heteroatoms. The van der Waals surface area contributed by atoms with E-state index in [1.54, 1.807) is 67.1 Å². The second-order valence-electron chi connectivity index (χ2n) is 21.1. The first kappa shape index (κ1) is 54.1. The van der Waals surface area contributed by atoms with E-state index >= 15 is 8.78 Å². The summed E-state index contributed by atoms with van der Waals surface area (Å²) in [6, 6.07) is 13.7. The second kappa shape index (κ2) is 23.5. The highest BCUT2D eigenvalue weighted by Gasteiger charge is 2.45. The van der Waals surface area contributed by atoms with Crippen LogP contribution in [0.2, 0.25) is 0 Å². The van der Waals surface area contributed by atoms with Gasteiger partial charge in [-0.05, 0) is 78.1 Å². The Balaban J connectivity index is 0.992. The van der Waals surface area contributed by atoms with Crippen molar-refractivity contribution in [3.8, 4) is 23.1 Å². The number of rotatable bonds is 17. The predicted octanol–water partition coefficient (Wildman–Crippen LogP) is 4.38. The molecule has 392 valence electrons. The number of carbonyl (C=O) groups is 4. The van der Waals surface area contributed by atoms with E-state index in [4.69, 9.17) is 19.2 Å². The molecule has 3 aliphatic rings. The lowest BCUT2D eigenvalue weighted by molar-refractivity contribution is -0.128. The van der Waals surface area contributed by atoms with Crippen LogP contribution >= 0.6 is 0 Å². The molecule has 0 aliphatic carbocycles. The number of aromatic nitrogens is 3. The first-order chi connectivity index (χ1) is 34.7. The summed E-state index contributed by atoms with van der Waals surface area (Å²) >= 11 is 0. The highest BCUT2D eigenvalue weighted by atomic mass is 19.1. The molecule has 0 saturated carbocycles. The van der Waals surface area contributed by atoms with Gasteiger partial charge in [0.2, 0.25) is 5.91 Å². The number of anilines is 1. The number of aryl methyl sites for hydroxylation is 1. The second-order valence-corrected chi connectivity index (χ2v) is 21.1. The fourth-order valence-corrected chi connectivity index (χ4v) is 9.38. The monoisotopic (exact) mass is 1010 g/mol. The summed E-state index contributed by atoms with van der Waals surface area (Å²) in [6.07, 6.45) is 2.55. The normalized spacial score (nSPS) is 18.5. The summed E-state index contributed by atoms with van der Waals surface area (Å²) in [5.41, 5.74) is 6.24. The summed E-state index contributed by atoms with van der Waals surface area (Å²) < 4.78 is 47.2. The molecule has 4 aromatic rings. The maximum absolute atomic E-state index is 15.1. The van der Waals surface area contributed by atoms with Crippen molar-refractivity contribution < 1.29 is 47.3 Å². The molecule has 3 aliphatic heterocycles.